The number of hydrogen-bond donors (Lipinski definition) is 0. The first kappa shape index (κ1) is 9.32. The van der Waals surface area contributed by atoms with Crippen molar-refractivity contribution in [1.29, 1.82) is 0 Å². The molecule has 1 heterocycles. The zero-order valence-corrected chi connectivity index (χ0v) is 8.04. The highest BCUT2D eigenvalue weighted by atomic mass is 79.9. The SMILES string of the molecule is O=C(Cc1ccco1)OCCBr. The van der Waals surface area contributed by atoms with E-state index in [-0.39, 0.29) is 12.4 Å². The molecule has 0 aliphatic rings. The third kappa shape index (κ3) is 3.09. The highest BCUT2D eigenvalue weighted by molar-refractivity contribution is 9.09. The minimum atomic E-state index is -0.260. The number of halogens is 1. The van der Waals surface area contributed by atoms with Gasteiger partial charge in [0.15, 0.2) is 0 Å². The molecule has 0 saturated carbocycles. The Bertz CT molecular complexity index is 230. The van der Waals surface area contributed by atoms with Crippen LogP contribution in [0.15, 0.2) is 22.8 Å². The quantitative estimate of drug-likeness (QED) is 0.587. The van der Waals surface area contributed by atoms with Crippen LogP contribution in [0.25, 0.3) is 0 Å². The van der Waals surface area contributed by atoms with Gasteiger partial charge < -0.3 is 9.15 Å². The molecule has 0 aromatic carbocycles. The van der Waals surface area contributed by atoms with Crippen LogP contribution in [0.2, 0.25) is 0 Å². The molecule has 0 unspecified atom stereocenters. The second kappa shape index (κ2) is 4.98. The summed E-state index contributed by atoms with van der Waals surface area (Å²) < 4.78 is 9.79. The molecule has 66 valence electrons. The molecule has 4 heteroatoms. The van der Waals surface area contributed by atoms with Gasteiger partial charge in [-0.3, -0.25) is 4.79 Å². The average molecular weight is 233 g/mol. The molecule has 0 N–H and O–H groups in total. The predicted molar refractivity (Wildman–Crippen MR) is 47.2 cm³/mol. The molecule has 0 spiro atoms. The number of furan rings is 1. The summed E-state index contributed by atoms with van der Waals surface area (Å²) in [5, 5.41) is 0.664. The van der Waals surface area contributed by atoms with Crippen molar-refractivity contribution in [2.45, 2.75) is 6.42 Å². The van der Waals surface area contributed by atoms with E-state index in [9.17, 15) is 4.79 Å². The lowest BCUT2D eigenvalue weighted by Gasteiger charge is -1.99. The van der Waals surface area contributed by atoms with Gasteiger partial charge in [0.05, 0.1) is 6.26 Å². The molecule has 0 atom stereocenters. The zero-order chi connectivity index (χ0) is 8.81. The van der Waals surface area contributed by atoms with Gasteiger partial charge in [-0.05, 0) is 12.1 Å². The number of esters is 1. The minimum Gasteiger partial charge on any atom is -0.469 e. The van der Waals surface area contributed by atoms with E-state index in [4.69, 9.17) is 9.15 Å². The van der Waals surface area contributed by atoms with Gasteiger partial charge in [-0.1, -0.05) is 15.9 Å². The Morgan fingerprint density at radius 1 is 1.67 bits per heavy atom. The van der Waals surface area contributed by atoms with Crippen molar-refractivity contribution in [1.82, 2.24) is 0 Å². The Kier molecular flexibility index (Phi) is 3.87. The normalized spacial score (nSPS) is 9.75. The van der Waals surface area contributed by atoms with Crippen LogP contribution >= 0.6 is 15.9 Å². The molecular weight excluding hydrogens is 224 g/mol. The van der Waals surface area contributed by atoms with Gasteiger partial charge in [0, 0.05) is 5.33 Å². The molecule has 1 rings (SSSR count). The Morgan fingerprint density at radius 3 is 3.08 bits per heavy atom. The monoisotopic (exact) mass is 232 g/mol. The van der Waals surface area contributed by atoms with Crippen LogP contribution in [0.4, 0.5) is 0 Å². The fourth-order valence-electron chi connectivity index (χ4n) is 0.759. The average Bonchev–Trinajstić information content (AvgIpc) is 2.53. The summed E-state index contributed by atoms with van der Waals surface area (Å²) in [5.74, 6) is 0.374. The Balaban J connectivity index is 2.27. The Hall–Kier alpha value is -0.770. The van der Waals surface area contributed by atoms with Crippen molar-refractivity contribution in [2.75, 3.05) is 11.9 Å². The maximum absolute atomic E-state index is 11.0. The maximum Gasteiger partial charge on any atom is 0.313 e. The van der Waals surface area contributed by atoms with E-state index >= 15 is 0 Å². The van der Waals surface area contributed by atoms with Gasteiger partial charge in [-0.2, -0.15) is 0 Å². The molecule has 0 bridgehead atoms. The van der Waals surface area contributed by atoms with Crippen molar-refractivity contribution in [3.05, 3.63) is 24.2 Å². The van der Waals surface area contributed by atoms with E-state index in [1.165, 1.54) is 6.26 Å². The number of alkyl halides is 1. The fourth-order valence-corrected chi connectivity index (χ4v) is 0.921. The van der Waals surface area contributed by atoms with E-state index in [1.54, 1.807) is 12.1 Å². The Labute approximate surface area is 78.8 Å². The van der Waals surface area contributed by atoms with Crippen LogP contribution in [0.5, 0.6) is 0 Å². The Morgan fingerprint density at radius 2 is 2.50 bits per heavy atom. The summed E-state index contributed by atoms with van der Waals surface area (Å²) in [5.41, 5.74) is 0. The van der Waals surface area contributed by atoms with Crippen LogP contribution in [-0.2, 0) is 16.0 Å². The summed E-state index contributed by atoms with van der Waals surface area (Å²) in [7, 11) is 0. The van der Waals surface area contributed by atoms with E-state index < -0.39 is 0 Å². The first-order valence-corrected chi connectivity index (χ1v) is 4.69. The second-order valence-corrected chi connectivity index (χ2v) is 2.96. The van der Waals surface area contributed by atoms with Gasteiger partial charge in [0.1, 0.15) is 18.8 Å². The lowest BCUT2D eigenvalue weighted by Crippen LogP contribution is -2.08. The van der Waals surface area contributed by atoms with Crippen LogP contribution in [-0.4, -0.2) is 17.9 Å². The molecular formula is C8H9BrO3. The van der Waals surface area contributed by atoms with Gasteiger partial charge in [0.2, 0.25) is 0 Å². The van der Waals surface area contributed by atoms with Gasteiger partial charge in [-0.15, -0.1) is 0 Å². The summed E-state index contributed by atoms with van der Waals surface area (Å²) in [6.45, 7) is 0.402. The lowest BCUT2D eigenvalue weighted by atomic mass is 10.3. The third-order valence-corrected chi connectivity index (χ3v) is 1.56. The smallest absolute Gasteiger partial charge is 0.313 e. The molecule has 0 fully saturated rings. The molecule has 0 radical (unpaired) electrons. The molecule has 0 aliphatic heterocycles. The highest BCUT2D eigenvalue weighted by Gasteiger charge is 2.05. The summed E-state index contributed by atoms with van der Waals surface area (Å²) in [6, 6.07) is 3.49. The van der Waals surface area contributed by atoms with Crippen LogP contribution in [0.3, 0.4) is 0 Å². The van der Waals surface area contributed by atoms with Crippen LogP contribution in [0.1, 0.15) is 5.76 Å². The van der Waals surface area contributed by atoms with Crippen molar-refractivity contribution in [3.63, 3.8) is 0 Å². The van der Waals surface area contributed by atoms with Crippen molar-refractivity contribution in [2.24, 2.45) is 0 Å². The summed E-state index contributed by atoms with van der Waals surface area (Å²) >= 11 is 3.16. The van der Waals surface area contributed by atoms with Gasteiger partial charge in [-0.25, -0.2) is 0 Å². The van der Waals surface area contributed by atoms with Crippen LogP contribution < -0.4 is 0 Å². The number of carbonyl (C=O) groups is 1. The third-order valence-electron chi connectivity index (χ3n) is 1.24. The van der Waals surface area contributed by atoms with Crippen LogP contribution in [0, 0.1) is 0 Å². The minimum absolute atomic E-state index is 0.208. The molecule has 1 aromatic heterocycles. The number of carbonyl (C=O) groups excluding carboxylic acids is 1. The molecule has 1 aromatic rings. The van der Waals surface area contributed by atoms with Gasteiger partial charge in [0.25, 0.3) is 0 Å². The van der Waals surface area contributed by atoms with Crippen molar-refractivity contribution in [3.8, 4) is 0 Å². The predicted octanol–water partition coefficient (Wildman–Crippen LogP) is 1.76. The number of ether oxygens (including phenoxy) is 1. The number of rotatable bonds is 4. The van der Waals surface area contributed by atoms with E-state index in [1.807, 2.05) is 0 Å². The molecule has 12 heavy (non-hydrogen) atoms. The second-order valence-electron chi connectivity index (χ2n) is 2.17. The van der Waals surface area contributed by atoms with E-state index in [2.05, 4.69) is 15.9 Å². The largest absolute Gasteiger partial charge is 0.469 e. The molecule has 3 nitrogen and oxygen atoms in total. The topological polar surface area (TPSA) is 39.4 Å². The molecule has 0 saturated heterocycles. The van der Waals surface area contributed by atoms with Gasteiger partial charge >= 0.3 is 5.97 Å². The highest BCUT2D eigenvalue weighted by Crippen LogP contribution is 2.01. The first-order chi connectivity index (χ1) is 5.83. The fraction of sp³-hybridized carbons (Fsp3) is 0.375. The molecule has 0 amide bonds. The first-order valence-electron chi connectivity index (χ1n) is 3.57. The van der Waals surface area contributed by atoms with E-state index in [0.29, 0.717) is 17.7 Å². The summed E-state index contributed by atoms with van der Waals surface area (Å²) in [4.78, 5) is 11.0. The maximum atomic E-state index is 11.0. The number of hydrogen-bond acceptors (Lipinski definition) is 3. The van der Waals surface area contributed by atoms with E-state index in [0.717, 1.165) is 0 Å². The molecule has 0 aliphatic carbocycles. The van der Waals surface area contributed by atoms with Crippen molar-refractivity contribution >= 4 is 21.9 Å². The van der Waals surface area contributed by atoms with Crippen molar-refractivity contribution < 1.29 is 13.9 Å². The zero-order valence-electron chi connectivity index (χ0n) is 6.46. The standard InChI is InChI=1S/C8H9BrO3/c9-3-5-12-8(10)6-7-2-1-4-11-7/h1-2,4H,3,5-6H2. The lowest BCUT2D eigenvalue weighted by molar-refractivity contribution is -0.142. The summed E-state index contributed by atoms with van der Waals surface area (Å²) in [6.07, 6.45) is 1.74.